The Labute approximate surface area is 121 Å². The molecule has 1 heterocycles. The van der Waals surface area contributed by atoms with E-state index in [0.717, 1.165) is 19.0 Å². The van der Waals surface area contributed by atoms with Crippen molar-refractivity contribution in [2.45, 2.75) is 37.6 Å². The van der Waals surface area contributed by atoms with Crippen LogP contribution in [0.5, 0.6) is 0 Å². The first-order valence-corrected chi connectivity index (χ1v) is 7.59. The van der Waals surface area contributed by atoms with Crippen molar-refractivity contribution < 1.29 is 0 Å². The fraction of sp³-hybridized carbons (Fsp3) is 0.389. The van der Waals surface area contributed by atoms with Gasteiger partial charge in [-0.25, -0.2) is 0 Å². The van der Waals surface area contributed by atoms with Crippen molar-refractivity contribution in [3.8, 4) is 0 Å². The Kier molecular flexibility index (Phi) is 4.44. The molecule has 1 atom stereocenters. The van der Waals surface area contributed by atoms with Crippen LogP contribution in [0.15, 0.2) is 54.9 Å². The second-order valence-electron chi connectivity index (χ2n) is 5.69. The van der Waals surface area contributed by atoms with Gasteiger partial charge in [0.2, 0.25) is 0 Å². The Bertz CT molecular complexity index is 505. The summed E-state index contributed by atoms with van der Waals surface area (Å²) in [7, 11) is 0. The normalized spacial score (nSPS) is 16.0. The summed E-state index contributed by atoms with van der Waals surface area (Å²) in [5.74, 6) is 0.594. The number of aryl methyl sites for hydroxylation is 1. The molecule has 1 fully saturated rings. The van der Waals surface area contributed by atoms with Gasteiger partial charge >= 0.3 is 0 Å². The highest BCUT2D eigenvalue weighted by Gasteiger charge is 2.22. The highest BCUT2D eigenvalue weighted by atomic mass is 14.9. The van der Waals surface area contributed by atoms with E-state index in [0.29, 0.717) is 5.92 Å². The van der Waals surface area contributed by atoms with Crippen molar-refractivity contribution in [2.75, 3.05) is 6.54 Å². The zero-order chi connectivity index (χ0) is 13.6. The number of benzene rings is 1. The third-order valence-corrected chi connectivity index (χ3v) is 4.01. The maximum Gasteiger partial charge on any atom is 0.0299 e. The zero-order valence-electron chi connectivity index (χ0n) is 11.8. The Hall–Kier alpha value is -1.67. The van der Waals surface area contributed by atoms with Gasteiger partial charge in [-0.1, -0.05) is 36.4 Å². The molecule has 2 aromatic rings. The second-order valence-corrected chi connectivity index (χ2v) is 5.69. The molecular weight excluding hydrogens is 244 g/mol. The molecule has 0 saturated heterocycles. The SMILES string of the molecule is c1ccc(C(CCc2cccnc2)CNC2CC2)cc1. The quantitative estimate of drug-likeness (QED) is 0.829. The van der Waals surface area contributed by atoms with Gasteiger partial charge in [-0.3, -0.25) is 4.98 Å². The summed E-state index contributed by atoms with van der Waals surface area (Å²) in [6, 6.07) is 15.9. The van der Waals surface area contributed by atoms with Gasteiger partial charge in [0.25, 0.3) is 0 Å². The molecule has 1 aliphatic rings. The van der Waals surface area contributed by atoms with Gasteiger partial charge < -0.3 is 5.32 Å². The number of aromatic nitrogens is 1. The summed E-state index contributed by atoms with van der Waals surface area (Å²) in [4.78, 5) is 4.20. The van der Waals surface area contributed by atoms with Crippen LogP contribution in [0.3, 0.4) is 0 Å². The average molecular weight is 266 g/mol. The zero-order valence-corrected chi connectivity index (χ0v) is 11.8. The predicted octanol–water partition coefficient (Wildman–Crippen LogP) is 3.55. The van der Waals surface area contributed by atoms with E-state index in [1.165, 1.54) is 30.4 Å². The van der Waals surface area contributed by atoms with Crippen molar-refractivity contribution in [1.82, 2.24) is 10.3 Å². The van der Waals surface area contributed by atoms with E-state index in [9.17, 15) is 0 Å². The lowest BCUT2D eigenvalue weighted by molar-refractivity contribution is 0.548. The van der Waals surface area contributed by atoms with Crippen LogP contribution in [0, 0.1) is 0 Å². The molecule has 20 heavy (non-hydrogen) atoms. The summed E-state index contributed by atoms with van der Waals surface area (Å²) in [6.07, 6.45) is 8.80. The minimum atomic E-state index is 0.594. The molecule has 2 nitrogen and oxygen atoms in total. The van der Waals surface area contributed by atoms with Crippen molar-refractivity contribution in [3.63, 3.8) is 0 Å². The predicted molar refractivity (Wildman–Crippen MR) is 82.8 cm³/mol. The first-order chi connectivity index (χ1) is 9.92. The van der Waals surface area contributed by atoms with E-state index in [-0.39, 0.29) is 0 Å². The summed E-state index contributed by atoms with van der Waals surface area (Å²) in [5, 5.41) is 3.68. The van der Waals surface area contributed by atoms with Crippen LogP contribution in [0.2, 0.25) is 0 Å². The van der Waals surface area contributed by atoms with E-state index >= 15 is 0 Å². The minimum absolute atomic E-state index is 0.594. The molecule has 2 heteroatoms. The first kappa shape index (κ1) is 13.3. The van der Waals surface area contributed by atoms with E-state index in [1.54, 1.807) is 0 Å². The van der Waals surface area contributed by atoms with Gasteiger partial charge in [0.15, 0.2) is 0 Å². The van der Waals surface area contributed by atoms with Crippen molar-refractivity contribution >= 4 is 0 Å². The monoisotopic (exact) mass is 266 g/mol. The number of hydrogen-bond donors (Lipinski definition) is 1. The van der Waals surface area contributed by atoms with Crippen LogP contribution < -0.4 is 5.32 Å². The van der Waals surface area contributed by atoms with Gasteiger partial charge in [0, 0.05) is 25.0 Å². The Balaban J connectivity index is 1.62. The van der Waals surface area contributed by atoms with Crippen LogP contribution in [0.4, 0.5) is 0 Å². The highest BCUT2D eigenvalue weighted by Crippen LogP contribution is 2.24. The first-order valence-electron chi connectivity index (χ1n) is 7.59. The smallest absolute Gasteiger partial charge is 0.0299 e. The second kappa shape index (κ2) is 6.67. The van der Waals surface area contributed by atoms with Crippen LogP contribution in [0.25, 0.3) is 0 Å². The van der Waals surface area contributed by atoms with Crippen LogP contribution in [-0.2, 0) is 6.42 Å². The summed E-state index contributed by atoms with van der Waals surface area (Å²) in [6.45, 7) is 1.09. The molecule has 1 unspecified atom stereocenters. The molecule has 104 valence electrons. The van der Waals surface area contributed by atoms with Crippen molar-refractivity contribution in [2.24, 2.45) is 0 Å². The third-order valence-electron chi connectivity index (χ3n) is 4.01. The van der Waals surface area contributed by atoms with E-state index < -0.39 is 0 Å². The lowest BCUT2D eigenvalue weighted by Crippen LogP contribution is -2.24. The van der Waals surface area contributed by atoms with Gasteiger partial charge in [-0.05, 0) is 48.8 Å². The molecule has 1 aliphatic carbocycles. The Morgan fingerprint density at radius 3 is 2.65 bits per heavy atom. The van der Waals surface area contributed by atoms with Crippen molar-refractivity contribution in [3.05, 3.63) is 66.0 Å². The Morgan fingerprint density at radius 1 is 1.10 bits per heavy atom. The van der Waals surface area contributed by atoms with Crippen molar-refractivity contribution in [1.29, 1.82) is 0 Å². The molecule has 1 aromatic carbocycles. The molecule has 1 saturated carbocycles. The molecule has 0 radical (unpaired) electrons. The van der Waals surface area contributed by atoms with E-state index in [1.807, 2.05) is 18.5 Å². The van der Waals surface area contributed by atoms with Crippen LogP contribution in [-0.4, -0.2) is 17.6 Å². The molecule has 0 bridgehead atoms. The highest BCUT2D eigenvalue weighted by molar-refractivity contribution is 5.21. The molecule has 0 amide bonds. The summed E-state index contributed by atoms with van der Waals surface area (Å²) >= 11 is 0. The average Bonchev–Trinajstić information content (AvgIpc) is 3.33. The lowest BCUT2D eigenvalue weighted by Gasteiger charge is -2.18. The lowest BCUT2D eigenvalue weighted by atomic mass is 9.92. The molecule has 1 N–H and O–H groups in total. The fourth-order valence-corrected chi connectivity index (χ4v) is 2.60. The molecular formula is C18H22N2. The topological polar surface area (TPSA) is 24.9 Å². The standard InChI is InChI=1S/C18H22N2/c1-2-6-16(7-3-1)17(14-20-18-10-11-18)9-8-15-5-4-12-19-13-15/h1-7,12-13,17-18,20H,8-11,14H2. The van der Waals surface area contributed by atoms with Gasteiger partial charge in [0.05, 0.1) is 0 Å². The number of nitrogens with one attached hydrogen (secondary N) is 1. The summed E-state index contributed by atoms with van der Waals surface area (Å²) < 4.78 is 0. The summed E-state index contributed by atoms with van der Waals surface area (Å²) in [5.41, 5.74) is 2.78. The largest absolute Gasteiger partial charge is 0.313 e. The number of pyridine rings is 1. The minimum Gasteiger partial charge on any atom is -0.313 e. The van der Waals surface area contributed by atoms with E-state index in [2.05, 4.69) is 46.7 Å². The maximum absolute atomic E-state index is 4.20. The van der Waals surface area contributed by atoms with Gasteiger partial charge in [-0.15, -0.1) is 0 Å². The van der Waals surface area contributed by atoms with Crippen LogP contribution in [0.1, 0.15) is 36.3 Å². The van der Waals surface area contributed by atoms with Gasteiger partial charge in [0.1, 0.15) is 0 Å². The Morgan fingerprint density at radius 2 is 1.95 bits per heavy atom. The fourth-order valence-electron chi connectivity index (χ4n) is 2.60. The van der Waals surface area contributed by atoms with Crippen LogP contribution >= 0.6 is 0 Å². The molecule has 1 aromatic heterocycles. The maximum atomic E-state index is 4.20. The number of nitrogens with zero attached hydrogens (tertiary/aromatic N) is 1. The number of hydrogen-bond acceptors (Lipinski definition) is 2. The molecule has 3 rings (SSSR count). The third kappa shape index (κ3) is 3.91. The molecule has 0 aliphatic heterocycles. The molecule has 0 spiro atoms. The van der Waals surface area contributed by atoms with E-state index in [4.69, 9.17) is 0 Å². The van der Waals surface area contributed by atoms with Gasteiger partial charge in [-0.2, -0.15) is 0 Å². The number of rotatable bonds is 7.